The van der Waals surface area contributed by atoms with E-state index in [1.165, 1.54) is 6.92 Å². The molecule has 0 aliphatic carbocycles. The van der Waals surface area contributed by atoms with Crippen LogP contribution in [-0.2, 0) is 11.2 Å². The molecule has 0 saturated carbocycles. The first-order valence-electron chi connectivity index (χ1n) is 4.84. The van der Waals surface area contributed by atoms with Crippen molar-refractivity contribution in [3.8, 4) is 0 Å². The maximum Gasteiger partial charge on any atom is 0.325 e. The first-order chi connectivity index (χ1) is 7.59. The molecule has 1 aromatic heterocycles. The lowest BCUT2D eigenvalue weighted by Gasteiger charge is -2.10. The number of nitrogens with zero attached hydrogens (tertiary/aromatic N) is 1. The van der Waals surface area contributed by atoms with Gasteiger partial charge in [-0.25, -0.2) is 9.78 Å². The molecule has 0 spiro atoms. The molecule has 0 aliphatic rings. The predicted molar refractivity (Wildman–Crippen MR) is 55.9 cm³/mol. The molecule has 0 bridgehead atoms. The van der Waals surface area contributed by atoms with Gasteiger partial charge >= 0.3 is 12.0 Å². The zero-order valence-corrected chi connectivity index (χ0v) is 8.86. The van der Waals surface area contributed by atoms with Crippen molar-refractivity contribution < 1.29 is 14.7 Å². The van der Waals surface area contributed by atoms with Crippen LogP contribution in [0.1, 0.15) is 12.6 Å². The molecule has 0 fully saturated rings. The van der Waals surface area contributed by atoms with Gasteiger partial charge in [-0.05, 0) is 6.92 Å². The zero-order valence-electron chi connectivity index (χ0n) is 8.86. The molecule has 0 radical (unpaired) electrons. The van der Waals surface area contributed by atoms with Crippen molar-refractivity contribution in [3.05, 3.63) is 18.2 Å². The van der Waals surface area contributed by atoms with Crippen molar-refractivity contribution >= 4 is 12.0 Å². The largest absolute Gasteiger partial charge is 0.480 e. The minimum absolute atomic E-state index is 0.417. The van der Waals surface area contributed by atoms with Crippen molar-refractivity contribution in [2.75, 3.05) is 6.54 Å². The fourth-order valence-electron chi connectivity index (χ4n) is 1.04. The summed E-state index contributed by atoms with van der Waals surface area (Å²) in [6.07, 6.45) is 3.84. The van der Waals surface area contributed by atoms with E-state index in [9.17, 15) is 9.59 Å². The second-order valence-corrected chi connectivity index (χ2v) is 3.29. The fraction of sp³-hybridized carbons (Fsp3) is 0.444. The number of urea groups is 1. The van der Waals surface area contributed by atoms with E-state index >= 15 is 0 Å². The molecule has 1 unspecified atom stereocenters. The number of rotatable bonds is 5. The molecular formula is C9H14N4O3. The first-order valence-corrected chi connectivity index (χ1v) is 4.84. The van der Waals surface area contributed by atoms with Gasteiger partial charge in [-0.2, -0.15) is 0 Å². The van der Waals surface area contributed by atoms with Crippen molar-refractivity contribution in [1.82, 2.24) is 20.6 Å². The molecule has 4 N–H and O–H groups in total. The number of H-pyrrole nitrogens is 1. The zero-order chi connectivity index (χ0) is 12.0. The van der Waals surface area contributed by atoms with Crippen LogP contribution in [0.2, 0.25) is 0 Å². The molecule has 1 rings (SSSR count). The van der Waals surface area contributed by atoms with Crippen LogP contribution in [0.25, 0.3) is 0 Å². The van der Waals surface area contributed by atoms with Crippen LogP contribution in [0.15, 0.2) is 12.5 Å². The lowest BCUT2D eigenvalue weighted by atomic mass is 10.3. The van der Waals surface area contributed by atoms with Crippen LogP contribution < -0.4 is 10.6 Å². The summed E-state index contributed by atoms with van der Waals surface area (Å²) < 4.78 is 0. The van der Waals surface area contributed by atoms with E-state index in [2.05, 4.69) is 20.6 Å². The Morgan fingerprint density at radius 1 is 1.62 bits per heavy atom. The van der Waals surface area contributed by atoms with Crippen molar-refractivity contribution in [2.45, 2.75) is 19.4 Å². The SMILES string of the molecule is CC(NC(=O)NCCc1cnc[nH]1)C(=O)O. The van der Waals surface area contributed by atoms with E-state index in [-0.39, 0.29) is 0 Å². The van der Waals surface area contributed by atoms with Crippen molar-refractivity contribution in [2.24, 2.45) is 0 Å². The summed E-state index contributed by atoms with van der Waals surface area (Å²) in [5.74, 6) is -1.07. The minimum Gasteiger partial charge on any atom is -0.480 e. The third-order valence-corrected chi connectivity index (χ3v) is 1.95. The number of carboxylic acid groups (broad SMARTS) is 1. The topological polar surface area (TPSA) is 107 Å². The van der Waals surface area contributed by atoms with E-state index in [1.807, 2.05) is 0 Å². The molecule has 1 aromatic rings. The van der Waals surface area contributed by atoms with E-state index in [0.29, 0.717) is 13.0 Å². The maximum absolute atomic E-state index is 11.2. The number of aromatic amines is 1. The Kier molecular flexibility index (Phi) is 4.31. The van der Waals surface area contributed by atoms with E-state index in [0.717, 1.165) is 5.69 Å². The number of aromatic nitrogens is 2. The summed E-state index contributed by atoms with van der Waals surface area (Å²) in [5, 5.41) is 13.4. The third-order valence-electron chi connectivity index (χ3n) is 1.95. The number of amides is 2. The number of carbonyl (C=O) groups is 2. The number of nitrogens with one attached hydrogen (secondary N) is 3. The summed E-state index contributed by atoms with van der Waals surface area (Å²) >= 11 is 0. The fourth-order valence-corrected chi connectivity index (χ4v) is 1.04. The Hall–Kier alpha value is -2.05. The Morgan fingerprint density at radius 3 is 2.94 bits per heavy atom. The van der Waals surface area contributed by atoms with Gasteiger partial charge < -0.3 is 20.7 Å². The lowest BCUT2D eigenvalue weighted by Crippen LogP contribution is -2.44. The highest BCUT2D eigenvalue weighted by Crippen LogP contribution is 1.90. The van der Waals surface area contributed by atoms with Gasteiger partial charge in [0, 0.05) is 24.9 Å². The summed E-state index contributed by atoms with van der Waals surface area (Å²) in [5.41, 5.74) is 0.909. The molecule has 88 valence electrons. The average Bonchev–Trinajstić information content (AvgIpc) is 2.70. The summed E-state index contributed by atoms with van der Waals surface area (Å²) in [6, 6.07) is -1.39. The minimum atomic E-state index is -1.07. The van der Waals surface area contributed by atoms with Gasteiger partial charge in [0.2, 0.25) is 0 Å². The van der Waals surface area contributed by atoms with E-state index in [1.54, 1.807) is 12.5 Å². The van der Waals surface area contributed by atoms with E-state index < -0.39 is 18.0 Å². The smallest absolute Gasteiger partial charge is 0.325 e. The number of aliphatic carboxylic acids is 1. The van der Waals surface area contributed by atoms with Crippen molar-refractivity contribution in [1.29, 1.82) is 0 Å². The second-order valence-electron chi connectivity index (χ2n) is 3.29. The number of hydrogen-bond acceptors (Lipinski definition) is 3. The molecule has 0 saturated heterocycles. The van der Waals surface area contributed by atoms with Crippen LogP contribution in [0.4, 0.5) is 4.79 Å². The van der Waals surface area contributed by atoms with E-state index in [4.69, 9.17) is 5.11 Å². The molecule has 1 atom stereocenters. The molecule has 7 nitrogen and oxygen atoms in total. The number of carboxylic acids is 1. The van der Waals surface area contributed by atoms with Gasteiger partial charge in [-0.3, -0.25) is 4.79 Å². The standard InChI is InChI=1S/C9H14N4O3/c1-6(8(14)15)13-9(16)11-3-2-7-4-10-5-12-7/h4-6H,2-3H2,1H3,(H,10,12)(H,14,15)(H2,11,13,16). The third kappa shape index (κ3) is 3.99. The first kappa shape index (κ1) is 12.0. The Morgan fingerprint density at radius 2 is 2.38 bits per heavy atom. The highest BCUT2D eigenvalue weighted by atomic mass is 16.4. The monoisotopic (exact) mass is 226 g/mol. The predicted octanol–water partition coefficient (Wildman–Crippen LogP) is -0.275. The van der Waals surface area contributed by atoms with Crippen LogP contribution in [0.3, 0.4) is 0 Å². The second kappa shape index (κ2) is 5.74. The molecule has 1 heterocycles. The Balaban J connectivity index is 2.18. The molecule has 2 amide bonds. The molecular weight excluding hydrogens is 212 g/mol. The molecule has 0 aliphatic heterocycles. The van der Waals surface area contributed by atoms with Gasteiger partial charge in [0.1, 0.15) is 6.04 Å². The summed E-state index contributed by atoms with van der Waals surface area (Å²) in [7, 11) is 0. The van der Waals surface area contributed by atoms with Crippen LogP contribution in [0, 0.1) is 0 Å². The number of hydrogen-bond donors (Lipinski definition) is 4. The summed E-state index contributed by atoms with van der Waals surface area (Å²) in [4.78, 5) is 28.3. The highest BCUT2D eigenvalue weighted by Gasteiger charge is 2.12. The normalized spacial score (nSPS) is 11.8. The van der Waals surface area contributed by atoms with Gasteiger partial charge in [-0.15, -0.1) is 0 Å². The average molecular weight is 226 g/mol. The Bertz CT molecular complexity index is 350. The van der Waals surface area contributed by atoms with Gasteiger partial charge in [0.25, 0.3) is 0 Å². The Labute approximate surface area is 92.3 Å². The quantitative estimate of drug-likeness (QED) is 0.554. The lowest BCUT2D eigenvalue weighted by molar-refractivity contribution is -0.138. The maximum atomic E-state index is 11.2. The van der Waals surface area contributed by atoms with Gasteiger partial charge in [-0.1, -0.05) is 0 Å². The molecule has 0 aromatic carbocycles. The molecule has 7 heteroatoms. The molecule has 16 heavy (non-hydrogen) atoms. The van der Waals surface area contributed by atoms with Crippen LogP contribution in [0.5, 0.6) is 0 Å². The van der Waals surface area contributed by atoms with Gasteiger partial charge in [0.15, 0.2) is 0 Å². The van der Waals surface area contributed by atoms with Crippen LogP contribution in [-0.4, -0.2) is 39.7 Å². The number of imidazole rings is 1. The van der Waals surface area contributed by atoms with Crippen molar-refractivity contribution in [3.63, 3.8) is 0 Å². The van der Waals surface area contributed by atoms with Crippen LogP contribution >= 0.6 is 0 Å². The summed E-state index contributed by atoms with van der Waals surface area (Å²) in [6.45, 7) is 1.82. The van der Waals surface area contributed by atoms with Gasteiger partial charge in [0.05, 0.1) is 6.33 Å². The number of carbonyl (C=O) groups excluding carboxylic acids is 1. The highest BCUT2D eigenvalue weighted by molar-refractivity contribution is 5.82.